The number of ether oxygens (including phenoxy) is 1. The Bertz CT molecular complexity index is 510. The minimum atomic E-state index is -0.631. The molecule has 0 aliphatic heterocycles. The van der Waals surface area contributed by atoms with Gasteiger partial charge in [0.1, 0.15) is 0 Å². The van der Waals surface area contributed by atoms with Gasteiger partial charge in [-0.3, -0.25) is 0 Å². The van der Waals surface area contributed by atoms with Crippen molar-refractivity contribution in [3.8, 4) is 0 Å². The summed E-state index contributed by atoms with van der Waals surface area (Å²) in [5.74, 6) is 2.06. The van der Waals surface area contributed by atoms with Crippen molar-refractivity contribution < 1.29 is 9.84 Å². The van der Waals surface area contributed by atoms with Gasteiger partial charge in [0.2, 0.25) is 0 Å². The molecule has 0 aromatic rings. The lowest BCUT2D eigenvalue weighted by molar-refractivity contribution is -0.0982. The van der Waals surface area contributed by atoms with E-state index in [1.54, 1.807) is 0 Å². The lowest BCUT2D eigenvalue weighted by Gasteiger charge is -2.14. The molecule has 0 radical (unpaired) electrons. The minimum Gasteiger partial charge on any atom is -0.368 e. The van der Waals surface area contributed by atoms with E-state index in [1.807, 2.05) is 12.2 Å². The van der Waals surface area contributed by atoms with Crippen LogP contribution in [0.1, 0.15) is 32.1 Å². The molecule has 4 atom stereocenters. The van der Waals surface area contributed by atoms with E-state index in [2.05, 4.69) is 42.5 Å². The molecule has 3 aliphatic rings. The molecule has 1 saturated carbocycles. The van der Waals surface area contributed by atoms with Crippen molar-refractivity contribution in [2.45, 2.75) is 38.4 Å². The zero-order valence-corrected chi connectivity index (χ0v) is 13.1. The summed E-state index contributed by atoms with van der Waals surface area (Å²) >= 11 is 0. The van der Waals surface area contributed by atoms with Crippen LogP contribution in [-0.4, -0.2) is 18.0 Å². The third kappa shape index (κ3) is 4.56. The van der Waals surface area contributed by atoms with Crippen molar-refractivity contribution in [2.75, 3.05) is 6.61 Å². The van der Waals surface area contributed by atoms with Crippen LogP contribution in [0.4, 0.5) is 0 Å². The second kappa shape index (κ2) is 7.75. The second-order valence-corrected chi connectivity index (χ2v) is 6.52. The molecular formula is C20H26O2. The molecule has 3 aliphatic carbocycles. The molecule has 0 bridgehead atoms. The Hall–Kier alpha value is -1.38. The number of allylic oxidation sites excluding steroid dienone is 8. The van der Waals surface area contributed by atoms with E-state index in [0.29, 0.717) is 18.4 Å². The Morgan fingerprint density at radius 1 is 1.18 bits per heavy atom. The molecule has 0 aromatic heterocycles. The first-order valence-electron chi connectivity index (χ1n) is 8.48. The van der Waals surface area contributed by atoms with E-state index in [-0.39, 0.29) is 0 Å². The van der Waals surface area contributed by atoms with Crippen LogP contribution < -0.4 is 0 Å². The van der Waals surface area contributed by atoms with Gasteiger partial charge >= 0.3 is 0 Å². The van der Waals surface area contributed by atoms with Gasteiger partial charge in [0, 0.05) is 6.42 Å². The summed E-state index contributed by atoms with van der Waals surface area (Å²) in [6, 6.07) is 0. The van der Waals surface area contributed by atoms with Crippen molar-refractivity contribution >= 4 is 0 Å². The number of aliphatic hydroxyl groups is 1. The number of rotatable bonds is 6. The summed E-state index contributed by atoms with van der Waals surface area (Å²) in [5, 5.41) is 10.1. The van der Waals surface area contributed by atoms with Crippen LogP contribution in [0.3, 0.4) is 0 Å². The zero-order chi connectivity index (χ0) is 15.2. The third-order valence-electron chi connectivity index (χ3n) is 4.82. The SMILES string of the molecule is OC(CC1C[C@H]1[C@H]1C=CC=CCC1)OCC1=CCC=CC=C1. The maximum absolute atomic E-state index is 10.1. The normalized spacial score (nSPS) is 31.5. The Labute approximate surface area is 133 Å². The predicted octanol–water partition coefficient (Wildman–Crippen LogP) is 4.31. The number of hydrogen-bond acceptors (Lipinski definition) is 2. The van der Waals surface area contributed by atoms with E-state index >= 15 is 0 Å². The summed E-state index contributed by atoms with van der Waals surface area (Å²) in [6.45, 7) is 0.504. The maximum Gasteiger partial charge on any atom is 0.155 e. The van der Waals surface area contributed by atoms with Crippen LogP contribution in [-0.2, 0) is 4.74 Å². The van der Waals surface area contributed by atoms with Gasteiger partial charge in [-0.2, -0.15) is 0 Å². The van der Waals surface area contributed by atoms with Gasteiger partial charge in [0.25, 0.3) is 0 Å². The summed E-state index contributed by atoms with van der Waals surface area (Å²) in [7, 11) is 0. The van der Waals surface area contributed by atoms with Gasteiger partial charge in [0.05, 0.1) is 6.61 Å². The lowest BCUT2D eigenvalue weighted by Crippen LogP contribution is -2.15. The third-order valence-corrected chi connectivity index (χ3v) is 4.82. The van der Waals surface area contributed by atoms with Crippen molar-refractivity contribution in [1.29, 1.82) is 0 Å². The van der Waals surface area contributed by atoms with E-state index in [9.17, 15) is 5.11 Å². The highest BCUT2D eigenvalue weighted by molar-refractivity contribution is 5.26. The molecule has 1 N–H and O–H groups in total. The maximum atomic E-state index is 10.1. The molecule has 3 rings (SSSR count). The highest BCUT2D eigenvalue weighted by Crippen LogP contribution is 2.49. The van der Waals surface area contributed by atoms with Gasteiger partial charge in [-0.1, -0.05) is 54.7 Å². The largest absolute Gasteiger partial charge is 0.368 e. The summed E-state index contributed by atoms with van der Waals surface area (Å²) in [4.78, 5) is 0. The average molecular weight is 298 g/mol. The van der Waals surface area contributed by atoms with Gasteiger partial charge in [-0.05, 0) is 49.0 Å². The van der Waals surface area contributed by atoms with Crippen molar-refractivity contribution in [3.63, 3.8) is 0 Å². The molecule has 0 aromatic carbocycles. The van der Waals surface area contributed by atoms with Crippen molar-refractivity contribution in [2.24, 2.45) is 17.8 Å². The molecule has 0 amide bonds. The fourth-order valence-corrected chi connectivity index (χ4v) is 3.44. The van der Waals surface area contributed by atoms with Gasteiger partial charge in [-0.25, -0.2) is 0 Å². The second-order valence-electron chi connectivity index (χ2n) is 6.52. The first-order valence-corrected chi connectivity index (χ1v) is 8.48. The smallest absolute Gasteiger partial charge is 0.155 e. The summed E-state index contributed by atoms with van der Waals surface area (Å²) in [5.41, 5.74) is 1.15. The van der Waals surface area contributed by atoms with Gasteiger partial charge in [0.15, 0.2) is 6.29 Å². The first-order chi connectivity index (χ1) is 10.8. The van der Waals surface area contributed by atoms with E-state index in [4.69, 9.17) is 4.74 Å². The first kappa shape index (κ1) is 15.5. The molecular weight excluding hydrogens is 272 g/mol. The van der Waals surface area contributed by atoms with Crippen LogP contribution in [0, 0.1) is 17.8 Å². The monoisotopic (exact) mass is 298 g/mol. The topological polar surface area (TPSA) is 29.5 Å². The quantitative estimate of drug-likeness (QED) is 0.740. The molecule has 2 nitrogen and oxygen atoms in total. The summed E-state index contributed by atoms with van der Waals surface area (Å²) in [6.07, 6.45) is 24.1. The Morgan fingerprint density at radius 3 is 3.05 bits per heavy atom. The molecule has 1 fully saturated rings. The van der Waals surface area contributed by atoms with E-state index in [0.717, 1.165) is 24.3 Å². The molecule has 2 unspecified atom stereocenters. The molecule has 0 saturated heterocycles. The Kier molecular flexibility index (Phi) is 5.47. The van der Waals surface area contributed by atoms with Gasteiger partial charge in [-0.15, -0.1) is 0 Å². The van der Waals surface area contributed by atoms with Crippen molar-refractivity contribution in [3.05, 3.63) is 60.3 Å². The Balaban J connectivity index is 1.38. The molecule has 22 heavy (non-hydrogen) atoms. The highest BCUT2D eigenvalue weighted by Gasteiger charge is 2.42. The average Bonchev–Trinajstić information content (AvgIpc) is 3.31. The van der Waals surface area contributed by atoms with Gasteiger partial charge < -0.3 is 9.84 Å². The number of aliphatic hydroxyl groups excluding tert-OH is 1. The standard InChI is InChI=1S/C20H26O2/c21-20(22-15-16-9-5-1-2-6-10-16)14-18-13-19(18)17-11-7-3-4-8-12-17/h1-5,7,9-11,17-21H,6,8,12-15H2/t17-,18?,19-,20?/m0/s1. The predicted molar refractivity (Wildman–Crippen MR) is 90.2 cm³/mol. The Morgan fingerprint density at radius 2 is 2.09 bits per heavy atom. The van der Waals surface area contributed by atoms with Crippen molar-refractivity contribution in [1.82, 2.24) is 0 Å². The highest BCUT2D eigenvalue weighted by atomic mass is 16.6. The molecule has 0 spiro atoms. The minimum absolute atomic E-state index is 0.504. The van der Waals surface area contributed by atoms with Crippen LogP contribution >= 0.6 is 0 Å². The molecule has 0 heterocycles. The fourth-order valence-electron chi connectivity index (χ4n) is 3.44. The molecule has 118 valence electrons. The van der Waals surface area contributed by atoms with Crippen LogP contribution in [0.5, 0.6) is 0 Å². The lowest BCUT2D eigenvalue weighted by atomic mass is 9.96. The number of hydrogen-bond donors (Lipinski definition) is 1. The van der Waals surface area contributed by atoms with Crippen LogP contribution in [0.2, 0.25) is 0 Å². The van der Waals surface area contributed by atoms with Crippen LogP contribution in [0.25, 0.3) is 0 Å². The fraction of sp³-hybridized carbons (Fsp3) is 0.500. The van der Waals surface area contributed by atoms with Crippen LogP contribution in [0.15, 0.2) is 60.3 Å². The van der Waals surface area contributed by atoms with E-state index < -0.39 is 6.29 Å². The summed E-state index contributed by atoms with van der Waals surface area (Å²) < 4.78 is 5.63. The molecule has 2 heteroatoms. The zero-order valence-electron chi connectivity index (χ0n) is 13.1. The van der Waals surface area contributed by atoms with E-state index in [1.165, 1.54) is 19.3 Å².